The van der Waals surface area contributed by atoms with E-state index in [1.165, 1.54) is 23.5 Å². The summed E-state index contributed by atoms with van der Waals surface area (Å²) in [6, 6.07) is 5.95. The molecule has 0 aliphatic carbocycles. The van der Waals surface area contributed by atoms with Crippen molar-refractivity contribution in [2.75, 3.05) is 26.3 Å². The molecule has 23 heavy (non-hydrogen) atoms. The highest BCUT2D eigenvalue weighted by atomic mass is 32.1. The van der Waals surface area contributed by atoms with Crippen molar-refractivity contribution in [2.24, 2.45) is 0 Å². The molecule has 1 amide bonds. The number of thiazole rings is 1. The van der Waals surface area contributed by atoms with Crippen LogP contribution in [-0.2, 0) is 17.8 Å². The van der Waals surface area contributed by atoms with E-state index in [9.17, 15) is 9.18 Å². The lowest BCUT2D eigenvalue weighted by Gasteiger charge is -2.25. The molecule has 1 aromatic carbocycles. The van der Waals surface area contributed by atoms with Gasteiger partial charge in [-0.05, 0) is 12.1 Å². The number of morpholine rings is 1. The smallest absolute Gasteiger partial charge is 0.254 e. The Balaban J connectivity index is 1.53. The number of carbonyl (C=O) groups is 1. The molecular formula is C16H18FN3O2S. The summed E-state index contributed by atoms with van der Waals surface area (Å²) >= 11 is 1.50. The number of amides is 1. The number of hydrogen-bond donors (Lipinski definition) is 1. The van der Waals surface area contributed by atoms with Crippen LogP contribution in [0.3, 0.4) is 0 Å². The average molecular weight is 335 g/mol. The van der Waals surface area contributed by atoms with Gasteiger partial charge in [-0.15, -0.1) is 11.3 Å². The summed E-state index contributed by atoms with van der Waals surface area (Å²) in [5.74, 6) is -0.940. The molecule has 0 unspecified atom stereocenters. The van der Waals surface area contributed by atoms with E-state index in [1.54, 1.807) is 12.1 Å². The van der Waals surface area contributed by atoms with Crippen LogP contribution in [0.1, 0.15) is 21.1 Å². The second-order valence-electron chi connectivity index (χ2n) is 5.28. The van der Waals surface area contributed by atoms with Crippen molar-refractivity contribution >= 4 is 17.2 Å². The van der Waals surface area contributed by atoms with Crippen LogP contribution in [0, 0.1) is 5.82 Å². The standard InChI is InChI=1S/C16H18FN3O2S/c17-14-4-2-1-3-13(14)16(21)18-9-15-19-12(11-23-15)10-20-5-7-22-8-6-20/h1-4,11H,5-10H2,(H,18,21). The fraction of sp³-hybridized carbons (Fsp3) is 0.375. The second-order valence-corrected chi connectivity index (χ2v) is 6.23. The molecule has 3 rings (SSSR count). The molecule has 0 spiro atoms. The first-order chi connectivity index (χ1) is 11.2. The zero-order valence-electron chi connectivity index (χ0n) is 12.6. The van der Waals surface area contributed by atoms with E-state index in [0.29, 0.717) is 6.54 Å². The fourth-order valence-corrected chi connectivity index (χ4v) is 3.11. The molecule has 122 valence electrons. The maximum absolute atomic E-state index is 13.5. The summed E-state index contributed by atoms with van der Waals surface area (Å²) in [6.45, 7) is 4.45. The van der Waals surface area contributed by atoms with Gasteiger partial charge in [0.05, 0.1) is 31.0 Å². The van der Waals surface area contributed by atoms with Crippen LogP contribution in [0.15, 0.2) is 29.6 Å². The zero-order valence-corrected chi connectivity index (χ0v) is 13.4. The lowest BCUT2D eigenvalue weighted by atomic mass is 10.2. The molecular weight excluding hydrogens is 317 g/mol. The number of carbonyl (C=O) groups excluding carboxylic acids is 1. The Morgan fingerprint density at radius 1 is 1.35 bits per heavy atom. The van der Waals surface area contributed by atoms with Gasteiger partial charge in [-0.3, -0.25) is 9.69 Å². The molecule has 0 atom stereocenters. The Hall–Kier alpha value is -1.83. The maximum Gasteiger partial charge on any atom is 0.254 e. The van der Waals surface area contributed by atoms with Crippen LogP contribution in [0.5, 0.6) is 0 Å². The summed E-state index contributed by atoms with van der Waals surface area (Å²) in [7, 11) is 0. The molecule has 0 saturated carbocycles. The third-order valence-electron chi connectivity index (χ3n) is 3.61. The van der Waals surface area contributed by atoms with Crippen molar-refractivity contribution in [3.8, 4) is 0 Å². The molecule has 0 bridgehead atoms. The largest absolute Gasteiger partial charge is 0.379 e. The third kappa shape index (κ3) is 4.34. The summed E-state index contributed by atoms with van der Waals surface area (Å²) in [4.78, 5) is 18.8. The minimum Gasteiger partial charge on any atom is -0.379 e. The Morgan fingerprint density at radius 2 is 2.13 bits per heavy atom. The molecule has 5 nitrogen and oxygen atoms in total. The van der Waals surface area contributed by atoms with Gasteiger partial charge in [0.1, 0.15) is 10.8 Å². The van der Waals surface area contributed by atoms with Crippen LogP contribution < -0.4 is 5.32 Å². The predicted octanol–water partition coefficient (Wildman–Crippen LogP) is 2.04. The first kappa shape index (κ1) is 16.0. The number of hydrogen-bond acceptors (Lipinski definition) is 5. The molecule has 2 heterocycles. The lowest BCUT2D eigenvalue weighted by molar-refractivity contribution is 0.0337. The Kier molecular flexibility index (Phi) is 5.32. The first-order valence-electron chi connectivity index (χ1n) is 7.48. The molecule has 7 heteroatoms. The maximum atomic E-state index is 13.5. The van der Waals surface area contributed by atoms with Crippen molar-refractivity contribution in [3.05, 3.63) is 51.7 Å². The van der Waals surface area contributed by atoms with E-state index in [-0.39, 0.29) is 5.56 Å². The van der Waals surface area contributed by atoms with Crippen molar-refractivity contribution in [3.63, 3.8) is 0 Å². The lowest BCUT2D eigenvalue weighted by Crippen LogP contribution is -2.35. The third-order valence-corrected chi connectivity index (χ3v) is 4.50. The van der Waals surface area contributed by atoms with Crippen LogP contribution in [0.2, 0.25) is 0 Å². The van der Waals surface area contributed by atoms with Gasteiger partial charge in [-0.2, -0.15) is 0 Å². The zero-order chi connectivity index (χ0) is 16.1. The molecule has 1 aliphatic rings. The van der Waals surface area contributed by atoms with Gasteiger partial charge >= 0.3 is 0 Å². The Morgan fingerprint density at radius 3 is 2.91 bits per heavy atom. The molecule has 1 aromatic heterocycles. The minimum absolute atomic E-state index is 0.0533. The molecule has 1 N–H and O–H groups in total. The van der Waals surface area contributed by atoms with Crippen LogP contribution in [0.4, 0.5) is 4.39 Å². The van der Waals surface area contributed by atoms with E-state index in [2.05, 4.69) is 15.2 Å². The molecule has 2 aromatic rings. The van der Waals surface area contributed by atoms with Gasteiger partial charge in [0.25, 0.3) is 5.91 Å². The van der Waals surface area contributed by atoms with Gasteiger partial charge in [0.2, 0.25) is 0 Å². The number of nitrogens with one attached hydrogen (secondary N) is 1. The summed E-state index contributed by atoms with van der Waals surface area (Å²) in [5, 5.41) is 5.53. The highest BCUT2D eigenvalue weighted by molar-refractivity contribution is 7.09. The first-order valence-corrected chi connectivity index (χ1v) is 8.36. The second kappa shape index (κ2) is 7.63. The molecule has 1 saturated heterocycles. The minimum atomic E-state index is -0.517. The highest BCUT2D eigenvalue weighted by Crippen LogP contribution is 2.13. The van der Waals surface area contributed by atoms with Crippen molar-refractivity contribution in [2.45, 2.75) is 13.1 Å². The quantitative estimate of drug-likeness (QED) is 0.909. The fourth-order valence-electron chi connectivity index (χ4n) is 2.39. The summed E-state index contributed by atoms with van der Waals surface area (Å²) in [6.07, 6.45) is 0. The Bertz CT molecular complexity index is 671. The van der Waals surface area contributed by atoms with E-state index >= 15 is 0 Å². The number of halogens is 1. The van der Waals surface area contributed by atoms with Crippen molar-refractivity contribution < 1.29 is 13.9 Å². The van der Waals surface area contributed by atoms with Gasteiger partial charge in [-0.25, -0.2) is 9.37 Å². The van der Waals surface area contributed by atoms with Crippen LogP contribution in [0.25, 0.3) is 0 Å². The van der Waals surface area contributed by atoms with E-state index in [1.807, 2.05) is 5.38 Å². The van der Waals surface area contributed by atoms with Gasteiger partial charge in [0, 0.05) is 25.0 Å². The highest BCUT2D eigenvalue weighted by Gasteiger charge is 2.14. The molecule has 1 aliphatic heterocycles. The average Bonchev–Trinajstić information content (AvgIpc) is 3.01. The van der Waals surface area contributed by atoms with Crippen LogP contribution >= 0.6 is 11.3 Å². The van der Waals surface area contributed by atoms with Gasteiger partial charge in [-0.1, -0.05) is 12.1 Å². The normalized spacial score (nSPS) is 15.5. The number of rotatable bonds is 5. The predicted molar refractivity (Wildman–Crippen MR) is 85.8 cm³/mol. The SMILES string of the molecule is O=C(NCc1nc(CN2CCOCC2)cs1)c1ccccc1F. The Labute approximate surface area is 138 Å². The van der Waals surface area contributed by atoms with Gasteiger partial charge < -0.3 is 10.1 Å². The molecule has 1 fully saturated rings. The number of nitrogens with zero attached hydrogens (tertiary/aromatic N) is 2. The molecule has 0 radical (unpaired) electrons. The monoisotopic (exact) mass is 335 g/mol. The van der Waals surface area contributed by atoms with Crippen LogP contribution in [-0.4, -0.2) is 42.1 Å². The van der Waals surface area contributed by atoms with E-state index < -0.39 is 11.7 Å². The summed E-state index contributed by atoms with van der Waals surface area (Å²) < 4.78 is 18.9. The number of benzene rings is 1. The van der Waals surface area contributed by atoms with Gasteiger partial charge in [0.15, 0.2) is 0 Å². The topological polar surface area (TPSA) is 54.5 Å². The van der Waals surface area contributed by atoms with E-state index in [4.69, 9.17) is 4.74 Å². The number of ether oxygens (including phenoxy) is 1. The number of aromatic nitrogens is 1. The summed E-state index contributed by atoms with van der Waals surface area (Å²) in [5.41, 5.74) is 1.05. The van der Waals surface area contributed by atoms with Crippen molar-refractivity contribution in [1.82, 2.24) is 15.2 Å². The van der Waals surface area contributed by atoms with E-state index in [0.717, 1.165) is 43.5 Å². The van der Waals surface area contributed by atoms with Crippen molar-refractivity contribution in [1.29, 1.82) is 0 Å².